The number of nitrogens with two attached hydrogens (primary N) is 1. The van der Waals surface area contributed by atoms with E-state index >= 15 is 0 Å². The molecule has 118 valence electrons. The highest BCUT2D eigenvalue weighted by molar-refractivity contribution is 7.89. The molecule has 1 unspecified atom stereocenters. The summed E-state index contributed by atoms with van der Waals surface area (Å²) < 4.78 is 33.2. The molecule has 0 saturated carbocycles. The third-order valence-electron chi connectivity index (χ3n) is 3.59. The van der Waals surface area contributed by atoms with E-state index in [4.69, 9.17) is 10.5 Å². The van der Waals surface area contributed by atoms with Crippen LogP contribution in [0.2, 0.25) is 0 Å². The minimum atomic E-state index is -3.80. The van der Waals surface area contributed by atoms with Gasteiger partial charge in [-0.1, -0.05) is 13.8 Å². The van der Waals surface area contributed by atoms with Crippen LogP contribution in [0.3, 0.4) is 0 Å². The van der Waals surface area contributed by atoms with Crippen molar-refractivity contribution in [3.8, 4) is 5.75 Å². The van der Waals surface area contributed by atoms with Crippen LogP contribution in [-0.2, 0) is 16.4 Å². The standard InChI is InChI=1S/C14H22N2O4S/c1-9(2)12(8-17)16-21(18,19)13-7-11(15)6-10-4-3-5-20-14(10)13/h6-7,9,12,16-17H,3-5,8,15H2,1-2H3. The van der Waals surface area contributed by atoms with E-state index in [0.717, 1.165) is 18.4 Å². The summed E-state index contributed by atoms with van der Waals surface area (Å²) in [6, 6.07) is 2.61. The second-order valence-electron chi connectivity index (χ2n) is 5.61. The summed E-state index contributed by atoms with van der Waals surface area (Å²) in [5, 5.41) is 9.32. The fourth-order valence-corrected chi connectivity index (χ4v) is 3.91. The van der Waals surface area contributed by atoms with Gasteiger partial charge in [0.05, 0.1) is 13.2 Å². The molecule has 1 aromatic carbocycles. The number of hydrogen-bond donors (Lipinski definition) is 3. The number of nitrogens with one attached hydrogen (secondary N) is 1. The minimum absolute atomic E-state index is 0.0254. The van der Waals surface area contributed by atoms with Crippen molar-refractivity contribution in [3.63, 3.8) is 0 Å². The fraction of sp³-hybridized carbons (Fsp3) is 0.571. The molecule has 21 heavy (non-hydrogen) atoms. The Balaban J connectivity index is 2.42. The Morgan fingerprint density at radius 2 is 2.14 bits per heavy atom. The molecule has 1 heterocycles. The molecule has 0 aliphatic carbocycles. The largest absolute Gasteiger partial charge is 0.492 e. The summed E-state index contributed by atoms with van der Waals surface area (Å²) in [6.45, 7) is 3.92. The summed E-state index contributed by atoms with van der Waals surface area (Å²) in [4.78, 5) is 0.0521. The van der Waals surface area contributed by atoms with E-state index in [-0.39, 0.29) is 17.4 Å². The Hall–Kier alpha value is -1.31. The van der Waals surface area contributed by atoms with E-state index in [1.165, 1.54) is 6.07 Å². The molecule has 4 N–H and O–H groups in total. The first-order valence-electron chi connectivity index (χ1n) is 7.03. The monoisotopic (exact) mass is 314 g/mol. The maximum Gasteiger partial charge on any atom is 0.244 e. The zero-order valence-electron chi connectivity index (χ0n) is 12.3. The molecule has 0 aromatic heterocycles. The fourth-order valence-electron chi connectivity index (χ4n) is 2.32. The van der Waals surface area contributed by atoms with Crippen molar-refractivity contribution in [2.45, 2.75) is 37.6 Å². The first-order chi connectivity index (χ1) is 9.85. The number of aliphatic hydroxyl groups excluding tert-OH is 1. The van der Waals surface area contributed by atoms with E-state index in [1.54, 1.807) is 6.07 Å². The molecule has 2 rings (SSSR count). The predicted molar refractivity (Wildman–Crippen MR) is 80.7 cm³/mol. The van der Waals surface area contributed by atoms with E-state index in [1.807, 2.05) is 13.8 Å². The summed E-state index contributed by atoms with van der Waals surface area (Å²) >= 11 is 0. The maximum absolute atomic E-state index is 12.6. The zero-order valence-corrected chi connectivity index (χ0v) is 13.1. The zero-order chi connectivity index (χ0) is 15.6. The third-order valence-corrected chi connectivity index (χ3v) is 5.08. The number of benzene rings is 1. The number of hydrogen-bond acceptors (Lipinski definition) is 5. The molecule has 7 heteroatoms. The SMILES string of the molecule is CC(C)C(CO)NS(=O)(=O)c1cc(N)cc2c1OCCC2. The van der Waals surface area contributed by atoms with Crippen LogP contribution in [0.5, 0.6) is 5.75 Å². The van der Waals surface area contributed by atoms with Gasteiger partial charge < -0.3 is 15.6 Å². The van der Waals surface area contributed by atoms with Crippen LogP contribution in [0.15, 0.2) is 17.0 Å². The smallest absolute Gasteiger partial charge is 0.244 e. The Kier molecular flexibility index (Phi) is 4.75. The minimum Gasteiger partial charge on any atom is -0.492 e. The van der Waals surface area contributed by atoms with Gasteiger partial charge in [-0.2, -0.15) is 0 Å². The van der Waals surface area contributed by atoms with Gasteiger partial charge in [0.2, 0.25) is 10.0 Å². The Bertz CT molecular complexity index is 614. The van der Waals surface area contributed by atoms with Crippen molar-refractivity contribution >= 4 is 15.7 Å². The van der Waals surface area contributed by atoms with Gasteiger partial charge in [-0.15, -0.1) is 0 Å². The molecular formula is C14H22N2O4S. The number of rotatable bonds is 5. The lowest BCUT2D eigenvalue weighted by Crippen LogP contribution is -2.41. The molecule has 0 bridgehead atoms. The number of sulfonamides is 1. The molecule has 1 aliphatic rings. The molecule has 6 nitrogen and oxygen atoms in total. The number of fused-ring (bicyclic) bond motifs is 1. The number of nitrogen functional groups attached to an aromatic ring is 1. The van der Waals surface area contributed by atoms with Crippen LogP contribution in [0.25, 0.3) is 0 Å². The van der Waals surface area contributed by atoms with Crippen LogP contribution in [0, 0.1) is 5.92 Å². The van der Waals surface area contributed by atoms with Crippen LogP contribution in [-0.4, -0.2) is 32.8 Å². The van der Waals surface area contributed by atoms with E-state index in [0.29, 0.717) is 18.0 Å². The second-order valence-corrected chi connectivity index (χ2v) is 7.30. The van der Waals surface area contributed by atoms with Gasteiger partial charge in [-0.25, -0.2) is 13.1 Å². The van der Waals surface area contributed by atoms with Crippen molar-refractivity contribution in [2.24, 2.45) is 5.92 Å². The highest BCUT2D eigenvalue weighted by atomic mass is 32.2. The van der Waals surface area contributed by atoms with Gasteiger partial charge in [-0.3, -0.25) is 0 Å². The van der Waals surface area contributed by atoms with Crippen molar-refractivity contribution < 1.29 is 18.3 Å². The first kappa shape index (κ1) is 16.1. The highest BCUT2D eigenvalue weighted by Crippen LogP contribution is 2.34. The molecule has 0 radical (unpaired) electrons. The summed E-state index contributed by atoms with van der Waals surface area (Å²) in [6.07, 6.45) is 1.59. The normalized spacial score (nSPS) is 16.4. The van der Waals surface area contributed by atoms with Crippen LogP contribution >= 0.6 is 0 Å². The lowest BCUT2D eigenvalue weighted by molar-refractivity contribution is 0.227. The molecule has 0 amide bonds. The molecular weight excluding hydrogens is 292 g/mol. The van der Waals surface area contributed by atoms with E-state index in [2.05, 4.69) is 4.72 Å². The Morgan fingerprint density at radius 1 is 1.43 bits per heavy atom. The lowest BCUT2D eigenvalue weighted by Gasteiger charge is -2.24. The average Bonchev–Trinajstić information content (AvgIpc) is 2.43. The number of aliphatic hydroxyl groups is 1. The predicted octanol–water partition coefficient (Wildman–Crippen LogP) is 0.889. The Labute approximate surface area is 125 Å². The summed E-state index contributed by atoms with van der Waals surface area (Å²) in [7, 11) is -3.80. The highest BCUT2D eigenvalue weighted by Gasteiger charge is 2.28. The second kappa shape index (κ2) is 6.21. The average molecular weight is 314 g/mol. The van der Waals surface area contributed by atoms with Gasteiger partial charge in [0.25, 0.3) is 0 Å². The topological polar surface area (TPSA) is 102 Å². The van der Waals surface area contributed by atoms with E-state index < -0.39 is 16.1 Å². The molecule has 1 aliphatic heterocycles. The number of aryl methyl sites for hydroxylation is 1. The van der Waals surface area contributed by atoms with Gasteiger partial charge in [0.15, 0.2) is 0 Å². The van der Waals surface area contributed by atoms with Crippen LogP contribution in [0.4, 0.5) is 5.69 Å². The van der Waals surface area contributed by atoms with Gasteiger partial charge in [0, 0.05) is 11.7 Å². The molecule has 0 fully saturated rings. The Morgan fingerprint density at radius 3 is 2.76 bits per heavy atom. The van der Waals surface area contributed by atoms with Crippen LogP contribution < -0.4 is 15.2 Å². The summed E-state index contributed by atoms with van der Waals surface area (Å²) in [5.74, 6) is 0.353. The van der Waals surface area contributed by atoms with Gasteiger partial charge in [-0.05, 0) is 36.5 Å². The molecule has 1 aromatic rings. The molecule has 0 saturated heterocycles. The van der Waals surface area contributed by atoms with Crippen molar-refractivity contribution in [1.82, 2.24) is 4.72 Å². The van der Waals surface area contributed by atoms with Crippen LogP contribution in [0.1, 0.15) is 25.8 Å². The molecule has 1 atom stereocenters. The van der Waals surface area contributed by atoms with Crippen molar-refractivity contribution in [1.29, 1.82) is 0 Å². The third kappa shape index (κ3) is 3.48. The lowest BCUT2D eigenvalue weighted by atomic mass is 10.1. The maximum atomic E-state index is 12.6. The van der Waals surface area contributed by atoms with E-state index in [9.17, 15) is 13.5 Å². The summed E-state index contributed by atoms with van der Waals surface area (Å²) in [5.41, 5.74) is 7.01. The van der Waals surface area contributed by atoms with Crippen molar-refractivity contribution in [3.05, 3.63) is 17.7 Å². The quantitative estimate of drug-likeness (QED) is 0.701. The van der Waals surface area contributed by atoms with Gasteiger partial charge >= 0.3 is 0 Å². The van der Waals surface area contributed by atoms with Crippen molar-refractivity contribution in [2.75, 3.05) is 18.9 Å². The first-order valence-corrected chi connectivity index (χ1v) is 8.52. The molecule has 0 spiro atoms. The number of ether oxygens (including phenoxy) is 1. The van der Waals surface area contributed by atoms with Gasteiger partial charge in [0.1, 0.15) is 10.6 Å². The number of anilines is 1.